The van der Waals surface area contributed by atoms with Crippen molar-refractivity contribution < 1.29 is 4.74 Å². The molecular formula is C17H24BrNO. The highest BCUT2D eigenvalue weighted by Crippen LogP contribution is 2.41. The van der Waals surface area contributed by atoms with Crippen molar-refractivity contribution in [2.75, 3.05) is 11.9 Å². The zero-order valence-electron chi connectivity index (χ0n) is 12.5. The first kappa shape index (κ1) is 14.4. The molecule has 20 heavy (non-hydrogen) atoms. The van der Waals surface area contributed by atoms with E-state index in [1.807, 2.05) is 0 Å². The van der Waals surface area contributed by atoms with Crippen LogP contribution >= 0.6 is 15.9 Å². The van der Waals surface area contributed by atoms with Gasteiger partial charge in [-0.2, -0.15) is 0 Å². The summed E-state index contributed by atoms with van der Waals surface area (Å²) < 4.78 is 7.29. The van der Waals surface area contributed by atoms with Crippen LogP contribution in [-0.2, 0) is 4.74 Å². The molecule has 1 aromatic rings. The van der Waals surface area contributed by atoms with Gasteiger partial charge in [-0.05, 0) is 62.8 Å². The van der Waals surface area contributed by atoms with Crippen LogP contribution in [0.2, 0.25) is 0 Å². The second-order valence-corrected chi connectivity index (χ2v) is 7.40. The van der Waals surface area contributed by atoms with E-state index in [-0.39, 0.29) is 5.60 Å². The third-order valence-corrected chi connectivity index (χ3v) is 5.31. The van der Waals surface area contributed by atoms with Crippen molar-refractivity contribution in [2.45, 2.75) is 64.0 Å². The zero-order valence-corrected chi connectivity index (χ0v) is 14.1. The van der Waals surface area contributed by atoms with E-state index >= 15 is 0 Å². The smallest absolute Gasteiger partial charge is 0.0702 e. The maximum absolute atomic E-state index is 6.13. The van der Waals surface area contributed by atoms with Gasteiger partial charge in [0.1, 0.15) is 0 Å². The number of halogens is 1. The molecule has 1 aliphatic carbocycles. The summed E-state index contributed by atoms with van der Waals surface area (Å²) in [6.07, 6.45) is 7.47. The van der Waals surface area contributed by atoms with Crippen LogP contribution in [0.5, 0.6) is 0 Å². The predicted molar refractivity (Wildman–Crippen MR) is 87.4 cm³/mol. The molecule has 0 amide bonds. The molecule has 1 unspecified atom stereocenters. The topological polar surface area (TPSA) is 21.3 Å². The second kappa shape index (κ2) is 5.69. The first-order valence-electron chi connectivity index (χ1n) is 7.75. The Morgan fingerprint density at radius 1 is 1.20 bits per heavy atom. The largest absolute Gasteiger partial charge is 0.382 e. The molecule has 1 aliphatic heterocycles. The lowest BCUT2D eigenvalue weighted by atomic mass is 9.88. The Kier molecular flexibility index (Phi) is 4.09. The molecular weight excluding hydrogens is 314 g/mol. The van der Waals surface area contributed by atoms with Gasteiger partial charge in [-0.15, -0.1) is 0 Å². The third kappa shape index (κ3) is 2.89. The Labute approximate surface area is 130 Å². The fourth-order valence-electron chi connectivity index (χ4n) is 3.86. The van der Waals surface area contributed by atoms with Crippen LogP contribution in [0.1, 0.15) is 49.7 Å². The molecule has 1 saturated heterocycles. The van der Waals surface area contributed by atoms with E-state index in [2.05, 4.69) is 47.2 Å². The maximum atomic E-state index is 6.13. The van der Waals surface area contributed by atoms with Gasteiger partial charge < -0.3 is 10.1 Å². The van der Waals surface area contributed by atoms with Gasteiger partial charge in [0.2, 0.25) is 0 Å². The summed E-state index contributed by atoms with van der Waals surface area (Å²) in [5, 5.41) is 3.79. The fraction of sp³-hybridized carbons (Fsp3) is 0.647. The Bertz CT molecular complexity index is 471. The predicted octanol–water partition coefficient (Wildman–Crippen LogP) is 4.97. The van der Waals surface area contributed by atoms with E-state index in [9.17, 15) is 0 Å². The SMILES string of the molecule is Cc1cc(Br)cc(C)c1NC1CCOC2(CCCC2)C1. The quantitative estimate of drug-likeness (QED) is 0.822. The summed E-state index contributed by atoms with van der Waals surface area (Å²) in [7, 11) is 0. The van der Waals surface area contributed by atoms with Gasteiger partial charge in [0.25, 0.3) is 0 Å². The molecule has 2 fully saturated rings. The van der Waals surface area contributed by atoms with Crippen molar-refractivity contribution in [1.82, 2.24) is 0 Å². The number of anilines is 1. The molecule has 1 N–H and O–H groups in total. The lowest BCUT2D eigenvalue weighted by molar-refractivity contribution is -0.0767. The number of ether oxygens (including phenoxy) is 1. The monoisotopic (exact) mass is 337 g/mol. The van der Waals surface area contributed by atoms with Gasteiger partial charge in [0, 0.05) is 22.8 Å². The first-order chi connectivity index (χ1) is 9.58. The van der Waals surface area contributed by atoms with Gasteiger partial charge >= 0.3 is 0 Å². The van der Waals surface area contributed by atoms with Crippen LogP contribution in [0, 0.1) is 13.8 Å². The van der Waals surface area contributed by atoms with Gasteiger partial charge in [-0.1, -0.05) is 28.8 Å². The zero-order chi connectivity index (χ0) is 14.2. The van der Waals surface area contributed by atoms with Crippen molar-refractivity contribution in [3.05, 3.63) is 27.7 Å². The Hall–Kier alpha value is -0.540. The number of hydrogen-bond donors (Lipinski definition) is 1. The minimum absolute atomic E-state index is 0.188. The lowest BCUT2D eigenvalue weighted by Gasteiger charge is -2.39. The molecule has 1 saturated carbocycles. The summed E-state index contributed by atoms with van der Waals surface area (Å²) in [5.74, 6) is 0. The van der Waals surface area contributed by atoms with Crippen molar-refractivity contribution in [1.29, 1.82) is 0 Å². The molecule has 1 spiro atoms. The summed E-state index contributed by atoms with van der Waals surface area (Å²) in [5.41, 5.74) is 4.15. The third-order valence-electron chi connectivity index (χ3n) is 4.85. The number of hydrogen-bond acceptors (Lipinski definition) is 2. The summed E-state index contributed by atoms with van der Waals surface area (Å²) >= 11 is 3.57. The Morgan fingerprint density at radius 3 is 2.50 bits per heavy atom. The van der Waals surface area contributed by atoms with E-state index in [4.69, 9.17) is 4.74 Å². The van der Waals surface area contributed by atoms with E-state index in [1.54, 1.807) is 0 Å². The summed E-state index contributed by atoms with van der Waals surface area (Å²) in [6.45, 7) is 5.28. The Balaban J connectivity index is 1.74. The van der Waals surface area contributed by atoms with Crippen LogP contribution < -0.4 is 5.32 Å². The lowest BCUT2D eigenvalue weighted by Crippen LogP contribution is -2.42. The summed E-state index contributed by atoms with van der Waals surface area (Å²) in [4.78, 5) is 0. The van der Waals surface area contributed by atoms with E-state index < -0.39 is 0 Å². The number of nitrogens with one attached hydrogen (secondary N) is 1. The van der Waals surface area contributed by atoms with E-state index in [1.165, 1.54) is 48.9 Å². The van der Waals surface area contributed by atoms with Gasteiger partial charge in [-0.3, -0.25) is 0 Å². The van der Waals surface area contributed by atoms with E-state index in [0.717, 1.165) is 17.5 Å². The average molecular weight is 338 g/mol. The molecule has 2 nitrogen and oxygen atoms in total. The van der Waals surface area contributed by atoms with Gasteiger partial charge in [0.05, 0.1) is 5.60 Å². The van der Waals surface area contributed by atoms with Gasteiger partial charge in [-0.25, -0.2) is 0 Å². The molecule has 110 valence electrons. The molecule has 0 aromatic heterocycles. The summed E-state index contributed by atoms with van der Waals surface area (Å²) in [6, 6.07) is 4.94. The maximum Gasteiger partial charge on any atom is 0.0702 e. The molecule has 1 aromatic carbocycles. The standard InChI is InChI=1S/C17H24BrNO/c1-12-9-14(18)10-13(2)16(12)19-15-5-8-20-17(11-15)6-3-4-7-17/h9-10,15,19H,3-8,11H2,1-2H3. The highest BCUT2D eigenvalue weighted by atomic mass is 79.9. The van der Waals surface area contributed by atoms with Crippen LogP contribution in [0.15, 0.2) is 16.6 Å². The molecule has 3 rings (SSSR count). The molecule has 3 heteroatoms. The number of benzene rings is 1. The van der Waals surface area contributed by atoms with E-state index in [0.29, 0.717) is 6.04 Å². The van der Waals surface area contributed by atoms with Crippen molar-refractivity contribution in [3.63, 3.8) is 0 Å². The normalized spacial score (nSPS) is 25.1. The van der Waals surface area contributed by atoms with Crippen LogP contribution in [0.25, 0.3) is 0 Å². The number of aryl methyl sites for hydroxylation is 2. The number of rotatable bonds is 2. The molecule has 2 aliphatic rings. The molecule has 1 atom stereocenters. The molecule has 0 bridgehead atoms. The van der Waals surface area contributed by atoms with Crippen LogP contribution in [0.4, 0.5) is 5.69 Å². The first-order valence-corrected chi connectivity index (χ1v) is 8.55. The van der Waals surface area contributed by atoms with Crippen LogP contribution in [-0.4, -0.2) is 18.2 Å². The van der Waals surface area contributed by atoms with Crippen molar-refractivity contribution in [3.8, 4) is 0 Å². The highest BCUT2D eigenvalue weighted by Gasteiger charge is 2.39. The molecule has 1 heterocycles. The van der Waals surface area contributed by atoms with Crippen molar-refractivity contribution in [2.24, 2.45) is 0 Å². The van der Waals surface area contributed by atoms with Crippen LogP contribution in [0.3, 0.4) is 0 Å². The highest BCUT2D eigenvalue weighted by molar-refractivity contribution is 9.10. The minimum atomic E-state index is 0.188. The van der Waals surface area contributed by atoms with Crippen molar-refractivity contribution >= 4 is 21.6 Å². The van der Waals surface area contributed by atoms with Gasteiger partial charge in [0.15, 0.2) is 0 Å². The minimum Gasteiger partial charge on any atom is -0.382 e. The Morgan fingerprint density at radius 2 is 1.85 bits per heavy atom. The fourth-order valence-corrected chi connectivity index (χ4v) is 4.55. The average Bonchev–Trinajstić information content (AvgIpc) is 2.82. The molecule has 0 radical (unpaired) electrons. The second-order valence-electron chi connectivity index (χ2n) is 6.49.